The highest BCUT2D eigenvalue weighted by Crippen LogP contribution is 2.55. The van der Waals surface area contributed by atoms with Crippen LogP contribution in [-0.4, -0.2) is 182 Å². The first-order valence-corrected chi connectivity index (χ1v) is 38.7. The fraction of sp³-hybridized carbons (Fsp3) is 0.444. The maximum atomic E-state index is 16.4. The number of hydrogen-bond acceptors (Lipinski definition) is 24. The van der Waals surface area contributed by atoms with Gasteiger partial charge in [0.05, 0.1) is 17.5 Å². The van der Waals surface area contributed by atoms with Crippen LogP contribution in [0.1, 0.15) is 134 Å². The molecule has 0 aromatic heterocycles. The number of nitrogens with one attached hydrogen (secondary N) is 11. The zero-order valence-corrected chi connectivity index (χ0v) is 64.2. The van der Waals surface area contributed by atoms with Crippen molar-refractivity contribution in [2.45, 2.75) is 170 Å². The third-order valence-electron chi connectivity index (χ3n) is 22.6. The number of rotatable bonds is 17. The number of halogens is 1. The predicted octanol–water partition coefficient (Wildman–Crippen LogP) is 3.36. The first-order valence-electron chi connectivity index (χ1n) is 38.3. The fourth-order valence-electron chi connectivity index (χ4n) is 16.9. The molecule has 4 aliphatic carbocycles. The van der Waals surface area contributed by atoms with Gasteiger partial charge < -0.3 is 119 Å². The van der Waals surface area contributed by atoms with E-state index in [0.29, 0.717) is 18.3 Å². The summed E-state index contributed by atoms with van der Waals surface area (Å²) in [5.74, 6) is -12.6. The number of benzene rings is 6. The lowest BCUT2D eigenvalue weighted by molar-refractivity contribution is -0.270. The van der Waals surface area contributed by atoms with Crippen molar-refractivity contribution in [3.63, 3.8) is 0 Å². The lowest BCUT2D eigenvalue weighted by atomic mass is 9.54. The molecule has 0 radical (unpaired) electrons. The fourth-order valence-corrected chi connectivity index (χ4v) is 17.2. The number of nitrogens with two attached hydrogens (primary N) is 1. The van der Waals surface area contributed by atoms with Crippen LogP contribution < -0.4 is 78.4 Å². The van der Waals surface area contributed by atoms with Crippen LogP contribution in [0.15, 0.2) is 103 Å². The van der Waals surface area contributed by atoms with Crippen molar-refractivity contribution < 1.29 is 103 Å². The maximum absolute atomic E-state index is 16.4. The molecule has 115 heavy (non-hydrogen) atoms. The average Bonchev–Trinajstić information content (AvgIpc) is 0.760. The molecule has 33 nitrogen and oxygen atoms in total. The van der Waals surface area contributed by atoms with Crippen LogP contribution in [0.5, 0.6) is 46.0 Å². The minimum absolute atomic E-state index is 0.0343. The van der Waals surface area contributed by atoms with E-state index in [4.69, 9.17) is 36.3 Å². The van der Waals surface area contributed by atoms with E-state index in [9.17, 15) is 55.2 Å². The number of carbonyl (C=O) groups excluding carboxylic acids is 9. The molecule has 21 N–H and O–H groups in total. The number of phenolic OH excluding ortho intramolecular Hbond substituents is 3. The Bertz CT molecular complexity index is 4720. The summed E-state index contributed by atoms with van der Waals surface area (Å²) < 4.78 is 25.9. The Morgan fingerprint density at radius 3 is 1.94 bits per heavy atom. The van der Waals surface area contributed by atoms with E-state index in [2.05, 4.69) is 58.5 Å². The Labute approximate surface area is 665 Å². The van der Waals surface area contributed by atoms with Crippen LogP contribution in [0.3, 0.4) is 0 Å². The first-order chi connectivity index (χ1) is 54.9. The minimum atomic E-state index is -2.33. The molecule has 0 unspecified atom stereocenters. The molecule has 34 heteroatoms. The number of urea groups is 1. The summed E-state index contributed by atoms with van der Waals surface area (Å²) in [7, 11) is 3.32. The number of likely N-dealkylation sites (N-methyl/N-ethyl adjacent to an activating group) is 1. The maximum Gasteiger partial charge on any atom is 0.325 e. The third kappa shape index (κ3) is 17.9. The second-order valence-electron chi connectivity index (χ2n) is 31.1. The van der Waals surface area contributed by atoms with E-state index >= 15 is 28.8 Å². The van der Waals surface area contributed by atoms with Crippen molar-refractivity contribution in [1.29, 1.82) is 0 Å². The molecule has 6 aromatic carbocycles. The second kappa shape index (κ2) is 34.8. The smallest absolute Gasteiger partial charge is 0.325 e. The molecule has 6 aromatic rings. The SMILES string of the molecule is CNCCCc1ccc(NC(=O)NC(=O)C[C@@H]2NC(=O)[C@H](NC(=O)[C@@H](CC(C)C)NC)[C@H](O)c3ccc(c(C)c3)Oc3cc4cc(c3O[C@@H]3O[C@H](CN)[C@@H](O)[C@H](O)[C@H]3O)Oc3ccc(cc3Cl)[C@@H](O)[C@@H]3NC(=O)[C@H](NC(=O)[C@@H]4NC2=O)c2ccc(O)c(c2)-c2c(O)cc(O)cc2[C@@H](C(=O)NC2C4CC5CC(C4)CC2C5)NC3=O)cc1. The Balaban J connectivity index is 0.986. The summed E-state index contributed by atoms with van der Waals surface area (Å²) in [6.45, 7) is 5.50. The lowest BCUT2D eigenvalue weighted by Gasteiger charge is -2.54. The highest BCUT2D eigenvalue weighted by Gasteiger charge is 2.51. The number of ether oxygens (including phenoxy) is 4. The predicted molar refractivity (Wildman–Crippen MR) is 413 cm³/mol. The quantitative estimate of drug-likeness (QED) is 0.0582. The topological polar surface area (TPSA) is 511 Å². The van der Waals surface area contributed by atoms with E-state index in [1.54, 1.807) is 24.3 Å². The molecule has 0 spiro atoms. The number of phenols is 3. The summed E-state index contributed by atoms with van der Waals surface area (Å²) >= 11 is 7.19. The lowest BCUT2D eigenvalue weighted by Crippen LogP contribution is -2.60. The molecule has 5 fully saturated rings. The van der Waals surface area contributed by atoms with Gasteiger partial charge in [-0.2, -0.15) is 0 Å². The normalized spacial score (nSPS) is 27.9. The van der Waals surface area contributed by atoms with Gasteiger partial charge >= 0.3 is 6.03 Å². The summed E-state index contributed by atoms with van der Waals surface area (Å²) in [5, 5.41) is 124. The van der Waals surface area contributed by atoms with Crippen LogP contribution in [-0.2, 0) is 49.5 Å². The van der Waals surface area contributed by atoms with Gasteiger partial charge in [-0.15, -0.1) is 0 Å². The average molecular weight is 1610 g/mol. The molecule has 10 amide bonds. The third-order valence-corrected chi connectivity index (χ3v) is 22.9. The Morgan fingerprint density at radius 1 is 0.643 bits per heavy atom. The van der Waals surface area contributed by atoms with Gasteiger partial charge in [-0.1, -0.05) is 55.8 Å². The van der Waals surface area contributed by atoms with Gasteiger partial charge in [0.25, 0.3) is 0 Å². The molecule has 4 saturated carbocycles. The standard InChI is InChI=1S/C81H95ClN12O21/c1-34(2)19-50(85-5)73(104)93-65-67(99)40-11-16-54(35(3)20-40)112-56-28-44-29-57(72(56)115-80-71(103)70(102)69(101)58(33-83)114-80)113-55-17-12-41(27-49(55)82)68(100)66-79(110)92-64(77(108)89-61-42-22-37-21-38(24-42)25-43(61)23-37)48-30-46(95)31-53(97)60(48)47-26-39(10-15-52(47)96)62(75(106)94-66)91-76(107)63(44)90-74(105)51(87-78(65)109)32-59(98)88-81(111)86-45-13-8-36(9-14-45)7-6-18-84-4/h8-17,20,26-31,34,37-38,42-43,50-51,58,61-71,80,84-85,95-97,99-103H,6-7,18-19,21-25,32-33,83H2,1-5H3,(H,87,109)(H,89,108)(H,90,105)(H,91,107)(H,92,110)(H,93,104)(H,94,106)(H2,86,88,98,111)/t37?,38?,42?,43?,50-,51+,58-,61?,62-,63-,64+,65-,66+,67-,68-,69-,70+,71-,80+/m1/s1. The molecule has 16 rings (SSSR count). The van der Waals surface area contributed by atoms with Gasteiger partial charge in [0.15, 0.2) is 11.5 Å². The number of hydrogen-bond donors (Lipinski definition) is 20. The van der Waals surface area contributed by atoms with Gasteiger partial charge in [-0.05, 0) is 214 Å². The van der Waals surface area contributed by atoms with Crippen molar-refractivity contribution in [2.75, 3.05) is 32.5 Å². The number of aliphatic hydroxyl groups excluding tert-OH is 5. The Hall–Kier alpha value is -10.7. The van der Waals surface area contributed by atoms with Gasteiger partial charge in [0, 0.05) is 35.5 Å². The molecular formula is C81H95ClN12O21. The molecule has 15 bridgehead atoms. The molecule has 10 aliphatic rings. The Kier molecular flexibility index (Phi) is 24.9. The number of fused-ring (bicyclic) bond motifs is 15. The van der Waals surface area contributed by atoms with Crippen molar-refractivity contribution in [3.8, 4) is 57.1 Å². The minimum Gasteiger partial charge on any atom is -0.508 e. The van der Waals surface area contributed by atoms with Crippen LogP contribution in [0, 0.1) is 36.5 Å². The number of carbonyl (C=O) groups is 9. The number of amides is 10. The number of aromatic hydroxyl groups is 3. The van der Waals surface area contributed by atoms with Crippen molar-refractivity contribution in [2.24, 2.45) is 35.3 Å². The van der Waals surface area contributed by atoms with Crippen molar-refractivity contribution in [1.82, 2.24) is 53.2 Å². The number of anilines is 1. The van der Waals surface area contributed by atoms with Gasteiger partial charge in [0.1, 0.15) is 102 Å². The zero-order valence-electron chi connectivity index (χ0n) is 63.5. The highest BCUT2D eigenvalue weighted by molar-refractivity contribution is 6.32. The number of aryl methyl sites for hydroxylation is 2. The number of aliphatic hydroxyl groups is 5. The molecule has 14 atom stereocenters. The molecule has 6 aliphatic heterocycles. The van der Waals surface area contributed by atoms with Gasteiger partial charge in [-0.3, -0.25) is 43.7 Å². The Morgan fingerprint density at radius 2 is 1.29 bits per heavy atom. The van der Waals surface area contributed by atoms with Crippen LogP contribution in [0.25, 0.3) is 11.1 Å². The molecule has 6 heterocycles. The van der Waals surface area contributed by atoms with Crippen molar-refractivity contribution >= 4 is 70.6 Å². The second-order valence-corrected chi connectivity index (χ2v) is 31.5. The van der Waals surface area contributed by atoms with Crippen LogP contribution >= 0.6 is 11.6 Å². The highest BCUT2D eigenvalue weighted by atomic mass is 35.5. The summed E-state index contributed by atoms with van der Waals surface area (Å²) in [6.07, 6.45) is -8.36. The van der Waals surface area contributed by atoms with E-state index in [1.807, 2.05) is 20.9 Å². The van der Waals surface area contributed by atoms with Crippen molar-refractivity contribution in [3.05, 3.63) is 147 Å². The monoisotopic (exact) mass is 1610 g/mol. The number of imide groups is 1. The van der Waals surface area contributed by atoms with E-state index in [-0.39, 0.29) is 91.4 Å². The van der Waals surface area contributed by atoms with Gasteiger partial charge in [0.2, 0.25) is 59.3 Å². The van der Waals surface area contributed by atoms with Gasteiger partial charge in [-0.25, -0.2) is 4.79 Å². The summed E-state index contributed by atoms with van der Waals surface area (Å²) in [4.78, 5) is 137. The van der Waals surface area contributed by atoms with E-state index in [1.165, 1.54) is 50.4 Å². The van der Waals surface area contributed by atoms with Crippen LogP contribution in [0.2, 0.25) is 5.02 Å². The largest absolute Gasteiger partial charge is 0.508 e. The zero-order chi connectivity index (χ0) is 82.1. The molecular weight excluding hydrogens is 1510 g/mol. The summed E-state index contributed by atoms with van der Waals surface area (Å²) in [5.41, 5.74) is 5.49. The molecule has 1 saturated heterocycles. The first kappa shape index (κ1) is 82.3. The van der Waals surface area contributed by atoms with Crippen LogP contribution in [0.4, 0.5) is 10.5 Å². The molecule has 612 valence electrons. The van der Waals surface area contributed by atoms with E-state index < -0.39 is 192 Å². The van der Waals surface area contributed by atoms with E-state index in [0.717, 1.165) is 93.1 Å². The summed E-state index contributed by atoms with van der Waals surface area (Å²) in [6, 6.07) is 6.66.